The first-order valence-corrected chi connectivity index (χ1v) is 5.47. The number of nitrogens with zero attached hydrogens (tertiary/aromatic N) is 1. The zero-order chi connectivity index (χ0) is 13.0. The predicted molar refractivity (Wildman–Crippen MR) is 63.6 cm³/mol. The lowest BCUT2D eigenvalue weighted by atomic mass is 10.2. The van der Waals surface area contributed by atoms with Crippen LogP contribution in [0.1, 0.15) is 21.8 Å². The summed E-state index contributed by atoms with van der Waals surface area (Å²) in [4.78, 5) is 26.7. The number of hydrogen-bond donors (Lipinski definition) is 3. The Bertz CT molecular complexity index is 489. The van der Waals surface area contributed by atoms with E-state index in [1.165, 1.54) is 0 Å². The molecule has 1 rings (SSSR count). The summed E-state index contributed by atoms with van der Waals surface area (Å²) in [5, 5.41) is 11.4. The Balaban J connectivity index is 2.81. The van der Waals surface area contributed by atoms with E-state index in [1.807, 2.05) is 0 Å². The van der Waals surface area contributed by atoms with Crippen LogP contribution in [-0.2, 0) is 4.79 Å². The van der Waals surface area contributed by atoms with Crippen molar-refractivity contribution in [2.24, 2.45) is 0 Å². The molecule has 0 saturated heterocycles. The normalized spacial score (nSPS) is 11.5. The zero-order valence-electron chi connectivity index (χ0n) is 9.06. The SMILES string of the molecule is C#CCC(NC(=O)c1sc(N)nc1C)C(=O)O. The predicted octanol–water partition coefficient (Wildman–Crippen LogP) is 0.240. The van der Waals surface area contributed by atoms with Gasteiger partial charge >= 0.3 is 5.97 Å². The number of aryl methyl sites for hydroxylation is 1. The van der Waals surface area contributed by atoms with Crippen LogP contribution in [0.3, 0.4) is 0 Å². The number of anilines is 1. The number of amides is 1. The fourth-order valence-electron chi connectivity index (χ4n) is 1.17. The fourth-order valence-corrected chi connectivity index (χ4v) is 1.91. The van der Waals surface area contributed by atoms with Crippen molar-refractivity contribution in [2.45, 2.75) is 19.4 Å². The molecular weight excluding hydrogens is 242 g/mol. The number of terminal acetylenes is 1. The number of nitrogen functional groups attached to an aromatic ring is 1. The molecule has 0 aliphatic carbocycles. The van der Waals surface area contributed by atoms with Gasteiger partial charge in [0.25, 0.3) is 5.91 Å². The van der Waals surface area contributed by atoms with Gasteiger partial charge in [0.05, 0.1) is 5.69 Å². The van der Waals surface area contributed by atoms with Crippen LogP contribution >= 0.6 is 11.3 Å². The minimum Gasteiger partial charge on any atom is -0.480 e. The van der Waals surface area contributed by atoms with E-state index < -0.39 is 17.9 Å². The summed E-state index contributed by atoms with van der Waals surface area (Å²) in [6.07, 6.45) is 4.95. The third-order valence-corrected chi connectivity index (χ3v) is 2.93. The number of carbonyl (C=O) groups is 2. The molecule has 1 aromatic heterocycles. The second kappa shape index (κ2) is 5.32. The highest BCUT2D eigenvalue weighted by Gasteiger charge is 2.22. The number of carbonyl (C=O) groups excluding carboxylic acids is 1. The molecule has 1 atom stereocenters. The number of aliphatic carboxylic acids is 1. The monoisotopic (exact) mass is 253 g/mol. The number of rotatable bonds is 4. The van der Waals surface area contributed by atoms with Crippen molar-refractivity contribution in [3.63, 3.8) is 0 Å². The van der Waals surface area contributed by atoms with Crippen LogP contribution in [0, 0.1) is 19.3 Å². The molecule has 17 heavy (non-hydrogen) atoms. The number of carboxylic acids is 1. The molecule has 1 amide bonds. The molecule has 0 aromatic carbocycles. The fraction of sp³-hybridized carbons (Fsp3) is 0.300. The van der Waals surface area contributed by atoms with Crippen LogP contribution in [0.4, 0.5) is 5.13 Å². The van der Waals surface area contributed by atoms with Crippen LogP contribution in [-0.4, -0.2) is 28.0 Å². The van der Waals surface area contributed by atoms with E-state index in [9.17, 15) is 9.59 Å². The van der Waals surface area contributed by atoms with Gasteiger partial charge in [0.2, 0.25) is 0 Å². The molecule has 0 bridgehead atoms. The van der Waals surface area contributed by atoms with Crippen LogP contribution in [0.5, 0.6) is 0 Å². The Morgan fingerprint density at radius 3 is 2.76 bits per heavy atom. The molecule has 0 aliphatic heterocycles. The molecule has 0 aliphatic rings. The average molecular weight is 253 g/mol. The molecule has 1 aromatic rings. The van der Waals surface area contributed by atoms with E-state index in [2.05, 4.69) is 16.2 Å². The van der Waals surface area contributed by atoms with Gasteiger partial charge in [0.1, 0.15) is 10.9 Å². The van der Waals surface area contributed by atoms with Crippen LogP contribution < -0.4 is 11.1 Å². The molecule has 7 heteroatoms. The summed E-state index contributed by atoms with van der Waals surface area (Å²) in [5.74, 6) is 0.490. The maximum Gasteiger partial charge on any atom is 0.327 e. The van der Waals surface area contributed by atoms with E-state index in [-0.39, 0.29) is 11.6 Å². The van der Waals surface area contributed by atoms with Crippen molar-refractivity contribution in [3.05, 3.63) is 10.6 Å². The summed E-state index contributed by atoms with van der Waals surface area (Å²) in [7, 11) is 0. The van der Waals surface area contributed by atoms with E-state index in [4.69, 9.17) is 17.3 Å². The lowest BCUT2D eigenvalue weighted by molar-refractivity contribution is -0.139. The first-order valence-electron chi connectivity index (χ1n) is 4.65. The highest BCUT2D eigenvalue weighted by atomic mass is 32.1. The van der Waals surface area contributed by atoms with Crippen molar-refractivity contribution >= 4 is 28.3 Å². The van der Waals surface area contributed by atoms with Crippen LogP contribution in [0.25, 0.3) is 0 Å². The van der Waals surface area contributed by atoms with Crippen LogP contribution in [0.2, 0.25) is 0 Å². The maximum atomic E-state index is 11.7. The summed E-state index contributed by atoms with van der Waals surface area (Å²) in [6.45, 7) is 1.62. The van der Waals surface area contributed by atoms with E-state index in [1.54, 1.807) is 6.92 Å². The number of nitrogens with one attached hydrogen (secondary N) is 1. The number of aromatic nitrogens is 1. The van der Waals surface area contributed by atoms with Crippen molar-refractivity contribution in [1.82, 2.24) is 10.3 Å². The number of thiazole rings is 1. The third-order valence-electron chi connectivity index (χ3n) is 1.94. The molecule has 90 valence electrons. The van der Waals surface area contributed by atoms with E-state index in [0.717, 1.165) is 11.3 Å². The van der Waals surface area contributed by atoms with Gasteiger partial charge in [-0.25, -0.2) is 9.78 Å². The summed E-state index contributed by atoms with van der Waals surface area (Å²) >= 11 is 1.00. The lowest BCUT2D eigenvalue weighted by Crippen LogP contribution is -2.40. The average Bonchev–Trinajstić information content (AvgIpc) is 2.57. The molecule has 1 unspecified atom stereocenters. The quantitative estimate of drug-likeness (QED) is 0.666. The van der Waals surface area contributed by atoms with E-state index in [0.29, 0.717) is 10.6 Å². The van der Waals surface area contributed by atoms with Crippen LogP contribution in [0.15, 0.2) is 0 Å². The van der Waals surface area contributed by atoms with Crippen molar-refractivity contribution in [2.75, 3.05) is 5.73 Å². The first kappa shape index (κ1) is 13.0. The highest BCUT2D eigenvalue weighted by Crippen LogP contribution is 2.19. The molecule has 0 spiro atoms. The Labute approximate surface area is 102 Å². The van der Waals surface area contributed by atoms with Crippen molar-refractivity contribution in [1.29, 1.82) is 0 Å². The number of carboxylic acid groups (broad SMARTS) is 1. The van der Waals surface area contributed by atoms with Gasteiger partial charge in [-0.05, 0) is 6.92 Å². The Hall–Kier alpha value is -2.07. The number of hydrogen-bond acceptors (Lipinski definition) is 5. The molecule has 0 saturated carbocycles. The smallest absolute Gasteiger partial charge is 0.327 e. The topological polar surface area (TPSA) is 105 Å². The van der Waals surface area contributed by atoms with Gasteiger partial charge < -0.3 is 16.2 Å². The minimum absolute atomic E-state index is 0.0750. The second-order valence-electron chi connectivity index (χ2n) is 3.24. The minimum atomic E-state index is -1.17. The van der Waals surface area contributed by atoms with Gasteiger partial charge in [-0.2, -0.15) is 0 Å². The van der Waals surface area contributed by atoms with Gasteiger partial charge in [-0.15, -0.1) is 12.3 Å². The zero-order valence-corrected chi connectivity index (χ0v) is 9.87. The van der Waals surface area contributed by atoms with Gasteiger partial charge in [-0.3, -0.25) is 4.79 Å². The molecular formula is C10H11N3O3S. The molecule has 0 radical (unpaired) electrons. The van der Waals surface area contributed by atoms with Gasteiger partial charge in [-0.1, -0.05) is 11.3 Å². The van der Waals surface area contributed by atoms with E-state index >= 15 is 0 Å². The maximum absolute atomic E-state index is 11.7. The molecule has 6 nitrogen and oxygen atoms in total. The third kappa shape index (κ3) is 3.19. The van der Waals surface area contributed by atoms with Crippen molar-refractivity contribution < 1.29 is 14.7 Å². The Morgan fingerprint density at radius 2 is 2.35 bits per heavy atom. The molecule has 1 heterocycles. The Kier molecular flexibility index (Phi) is 4.06. The van der Waals surface area contributed by atoms with Gasteiger partial charge in [0.15, 0.2) is 5.13 Å². The second-order valence-corrected chi connectivity index (χ2v) is 4.27. The largest absolute Gasteiger partial charge is 0.480 e. The standard InChI is InChI=1S/C10H11N3O3S/c1-3-4-6(9(15)16)13-8(14)7-5(2)12-10(11)17-7/h1,6H,4H2,2H3,(H2,11,12)(H,13,14)(H,15,16). The van der Waals surface area contributed by atoms with Gasteiger partial charge in [0, 0.05) is 6.42 Å². The highest BCUT2D eigenvalue weighted by molar-refractivity contribution is 7.17. The number of nitrogens with two attached hydrogens (primary N) is 1. The molecule has 0 fully saturated rings. The summed E-state index contributed by atoms with van der Waals surface area (Å²) in [5.41, 5.74) is 5.91. The Morgan fingerprint density at radius 1 is 1.71 bits per heavy atom. The summed E-state index contributed by atoms with van der Waals surface area (Å²) in [6, 6.07) is -1.10. The first-order chi connectivity index (χ1) is 7.95. The molecule has 4 N–H and O–H groups in total. The van der Waals surface area contributed by atoms with Crippen molar-refractivity contribution in [3.8, 4) is 12.3 Å². The summed E-state index contributed by atoms with van der Waals surface area (Å²) < 4.78 is 0. The lowest BCUT2D eigenvalue weighted by Gasteiger charge is -2.10.